The quantitative estimate of drug-likeness (QED) is 0.721. The maximum atomic E-state index is 5.10. The molecule has 0 unspecified atom stereocenters. The van der Waals surface area contributed by atoms with Crippen LogP contribution in [0.2, 0.25) is 0 Å². The van der Waals surface area contributed by atoms with Crippen LogP contribution in [0.4, 0.5) is 0 Å². The second-order valence-corrected chi connectivity index (χ2v) is 5.96. The second-order valence-electron chi connectivity index (χ2n) is 5.96. The highest BCUT2D eigenvalue weighted by Gasteiger charge is 2.19. The van der Waals surface area contributed by atoms with Crippen molar-refractivity contribution in [1.29, 1.82) is 0 Å². The van der Waals surface area contributed by atoms with Crippen LogP contribution in [0.1, 0.15) is 16.8 Å². The maximum absolute atomic E-state index is 5.10. The normalized spacial score (nSPS) is 14.1. The van der Waals surface area contributed by atoms with Gasteiger partial charge in [-0.25, -0.2) is 24.9 Å². The Hall–Kier alpha value is -2.93. The lowest BCUT2D eigenvalue weighted by molar-refractivity contribution is 0.242. The molecule has 7 heteroatoms. The van der Waals surface area contributed by atoms with Crippen LogP contribution in [-0.2, 0) is 19.5 Å². The van der Waals surface area contributed by atoms with Gasteiger partial charge in [0.05, 0.1) is 18.4 Å². The number of fused-ring (bicyclic) bond motifs is 1. The van der Waals surface area contributed by atoms with E-state index < -0.39 is 0 Å². The Balaban J connectivity index is 1.48. The molecule has 3 aromatic rings. The highest BCUT2D eigenvalue weighted by Crippen LogP contribution is 2.21. The van der Waals surface area contributed by atoms with Gasteiger partial charge in [-0.3, -0.25) is 4.90 Å². The monoisotopic (exact) mass is 334 g/mol. The number of hydrogen-bond donors (Lipinski definition) is 0. The molecule has 0 fully saturated rings. The predicted octanol–water partition coefficient (Wildman–Crippen LogP) is 1.90. The molecule has 0 atom stereocenters. The summed E-state index contributed by atoms with van der Waals surface area (Å²) in [5, 5.41) is 0. The van der Waals surface area contributed by atoms with E-state index in [1.807, 2.05) is 18.5 Å². The van der Waals surface area contributed by atoms with Crippen molar-refractivity contribution in [2.75, 3.05) is 13.7 Å². The van der Waals surface area contributed by atoms with Crippen LogP contribution in [0.25, 0.3) is 11.4 Å². The number of methoxy groups -OCH3 is 1. The van der Waals surface area contributed by atoms with Crippen molar-refractivity contribution in [2.45, 2.75) is 19.5 Å². The molecule has 7 nitrogen and oxygen atoms in total. The summed E-state index contributed by atoms with van der Waals surface area (Å²) in [6.45, 7) is 2.65. The third-order valence-corrected chi connectivity index (χ3v) is 4.24. The first-order valence-corrected chi connectivity index (χ1v) is 8.13. The molecule has 4 heterocycles. The summed E-state index contributed by atoms with van der Waals surface area (Å²) in [6, 6.07) is 3.95. The van der Waals surface area contributed by atoms with Gasteiger partial charge in [0.15, 0.2) is 5.82 Å². The average Bonchev–Trinajstić information content (AvgIpc) is 2.69. The summed E-state index contributed by atoms with van der Waals surface area (Å²) in [4.78, 5) is 23.9. The van der Waals surface area contributed by atoms with Gasteiger partial charge in [0.1, 0.15) is 6.33 Å². The van der Waals surface area contributed by atoms with Crippen LogP contribution in [0.15, 0.2) is 43.2 Å². The summed E-state index contributed by atoms with van der Waals surface area (Å²) >= 11 is 0. The van der Waals surface area contributed by atoms with Gasteiger partial charge in [0, 0.05) is 62.5 Å². The zero-order valence-electron chi connectivity index (χ0n) is 14.0. The van der Waals surface area contributed by atoms with E-state index >= 15 is 0 Å². The van der Waals surface area contributed by atoms with Gasteiger partial charge >= 0.3 is 0 Å². The van der Waals surface area contributed by atoms with Crippen molar-refractivity contribution in [3.63, 3.8) is 0 Å². The Morgan fingerprint density at radius 2 is 1.96 bits per heavy atom. The lowest BCUT2D eigenvalue weighted by atomic mass is 10.1. The molecule has 0 spiro atoms. The fourth-order valence-electron chi connectivity index (χ4n) is 2.95. The molecular weight excluding hydrogens is 316 g/mol. The smallest absolute Gasteiger partial charge is 0.212 e. The molecule has 0 saturated carbocycles. The van der Waals surface area contributed by atoms with Crippen molar-refractivity contribution in [3.8, 4) is 17.3 Å². The Morgan fingerprint density at radius 1 is 1.08 bits per heavy atom. The van der Waals surface area contributed by atoms with Gasteiger partial charge in [-0.05, 0) is 5.56 Å². The van der Waals surface area contributed by atoms with Gasteiger partial charge in [-0.1, -0.05) is 6.07 Å². The molecule has 4 rings (SSSR count). The van der Waals surface area contributed by atoms with E-state index in [-0.39, 0.29) is 0 Å². The van der Waals surface area contributed by atoms with Crippen LogP contribution >= 0.6 is 0 Å². The number of pyridine rings is 1. The van der Waals surface area contributed by atoms with Crippen LogP contribution in [0, 0.1) is 0 Å². The molecule has 25 heavy (non-hydrogen) atoms. The summed E-state index contributed by atoms with van der Waals surface area (Å²) in [7, 11) is 1.62. The van der Waals surface area contributed by atoms with Crippen LogP contribution < -0.4 is 4.74 Å². The van der Waals surface area contributed by atoms with E-state index in [2.05, 4.69) is 30.9 Å². The van der Waals surface area contributed by atoms with Crippen LogP contribution in [0.3, 0.4) is 0 Å². The SMILES string of the molecule is COc1ccc(CN2CCc3nc(-c4cncnc4)ncc3C2)cn1. The van der Waals surface area contributed by atoms with E-state index in [4.69, 9.17) is 9.72 Å². The van der Waals surface area contributed by atoms with E-state index in [1.165, 1.54) is 17.5 Å². The highest BCUT2D eigenvalue weighted by atomic mass is 16.5. The summed E-state index contributed by atoms with van der Waals surface area (Å²) in [5.74, 6) is 1.32. The molecule has 1 aliphatic heterocycles. The molecule has 3 aromatic heterocycles. The molecule has 0 aromatic carbocycles. The molecule has 0 saturated heterocycles. The Labute approximate surface area is 145 Å². The Kier molecular flexibility index (Phi) is 4.30. The molecule has 1 aliphatic rings. The first-order chi connectivity index (χ1) is 12.3. The zero-order valence-corrected chi connectivity index (χ0v) is 14.0. The summed E-state index contributed by atoms with van der Waals surface area (Å²) in [5.41, 5.74) is 4.30. The second kappa shape index (κ2) is 6.90. The first kappa shape index (κ1) is 15.6. The van der Waals surface area contributed by atoms with Gasteiger partial charge in [-0.15, -0.1) is 0 Å². The van der Waals surface area contributed by atoms with E-state index in [0.29, 0.717) is 11.7 Å². The molecule has 0 amide bonds. The minimum Gasteiger partial charge on any atom is -0.481 e. The number of rotatable bonds is 4. The molecular formula is C18H18N6O. The predicted molar refractivity (Wildman–Crippen MR) is 91.7 cm³/mol. The van der Waals surface area contributed by atoms with Crippen molar-refractivity contribution in [1.82, 2.24) is 29.8 Å². The van der Waals surface area contributed by atoms with Crippen molar-refractivity contribution in [2.24, 2.45) is 0 Å². The van der Waals surface area contributed by atoms with Gasteiger partial charge in [-0.2, -0.15) is 0 Å². The van der Waals surface area contributed by atoms with Crippen molar-refractivity contribution in [3.05, 3.63) is 60.1 Å². The van der Waals surface area contributed by atoms with E-state index in [1.54, 1.807) is 19.5 Å². The minimum absolute atomic E-state index is 0.638. The maximum Gasteiger partial charge on any atom is 0.212 e. The lowest BCUT2D eigenvalue weighted by Crippen LogP contribution is -2.31. The van der Waals surface area contributed by atoms with E-state index in [9.17, 15) is 0 Å². The lowest BCUT2D eigenvalue weighted by Gasteiger charge is -2.28. The van der Waals surface area contributed by atoms with Gasteiger partial charge in [0.25, 0.3) is 0 Å². The average molecular weight is 334 g/mol. The fourth-order valence-corrected chi connectivity index (χ4v) is 2.95. The standard InChI is InChI=1S/C18H18N6O/c1-25-17-3-2-13(6-21-17)10-24-5-4-16-15(11-24)9-22-18(23-16)14-7-19-12-20-8-14/h2-3,6-9,12H,4-5,10-11H2,1H3. The number of ether oxygens (including phenoxy) is 1. The molecule has 0 radical (unpaired) electrons. The highest BCUT2D eigenvalue weighted by molar-refractivity contribution is 5.52. The number of hydrogen-bond acceptors (Lipinski definition) is 7. The Morgan fingerprint density at radius 3 is 2.72 bits per heavy atom. The topological polar surface area (TPSA) is 76.9 Å². The Bertz CT molecular complexity index is 853. The zero-order chi connectivity index (χ0) is 17.1. The largest absolute Gasteiger partial charge is 0.481 e. The molecule has 0 aliphatic carbocycles. The number of aromatic nitrogens is 5. The minimum atomic E-state index is 0.638. The van der Waals surface area contributed by atoms with Gasteiger partial charge in [0.2, 0.25) is 5.88 Å². The summed E-state index contributed by atoms with van der Waals surface area (Å²) in [6.07, 6.45) is 9.67. The first-order valence-electron chi connectivity index (χ1n) is 8.13. The van der Waals surface area contributed by atoms with Gasteiger partial charge < -0.3 is 4.74 Å². The molecule has 126 valence electrons. The third kappa shape index (κ3) is 3.46. The van der Waals surface area contributed by atoms with Crippen LogP contribution in [0.5, 0.6) is 5.88 Å². The van der Waals surface area contributed by atoms with Crippen LogP contribution in [-0.4, -0.2) is 43.5 Å². The van der Waals surface area contributed by atoms with Crippen molar-refractivity contribution < 1.29 is 4.74 Å². The third-order valence-electron chi connectivity index (χ3n) is 4.24. The molecule has 0 N–H and O–H groups in total. The fraction of sp³-hybridized carbons (Fsp3) is 0.278. The molecule has 0 bridgehead atoms. The number of nitrogens with zero attached hydrogens (tertiary/aromatic N) is 6. The van der Waals surface area contributed by atoms with Crippen molar-refractivity contribution >= 4 is 0 Å². The summed E-state index contributed by atoms with van der Waals surface area (Å²) < 4.78 is 5.10. The van der Waals surface area contributed by atoms with E-state index in [0.717, 1.165) is 37.3 Å².